The van der Waals surface area contributed by atoms with Crippen LogP contribution in [0.25, 0.3) is 5.57 Å². The molecule has 2 aliphatic heterocycles. The van der Waals surface area contributed by atoms with Gasteiger partial charge in [0, 0.05) is 11.1 Å². The van der Waals surface area contributed by atoms with E-state index in [1.54, 1.807) is 11.0 Å². The highest BCUT2D eigenvalue weighted by molar-refractivity contribution is 6.55. The number of aliphatic imine (C=N–C) groups is 1. The molecule has 3 aromatic rings. The third-order valence-corrected chi connectivity index (χ3v) is 7.06. The van der Waals surface area contributed by atoms with E-state index in [-0.39, 0.29) is 34.2 Å². The van der Waals surface area contributed by atoms with Crippen molar-refractivity contribution in [2.24, 2.45) is 4.99 Å². The summed E-state index contributed by atoms with van der Waals surface area (Å²) in [5, 5.41) is 0. The van der Waals surface area contributed by atoms with Gasteiger partial charge in [-0.1, -0.05) is 12.1 Å². The van der Waals surface area contributed by atoms with Crippen molar-refractivity contribution in [2.45, 2.75) is 32.5 Å². The van der Waals surface area contributed by atoms with Crippen molar-refractivity contribution in [2.75, 3.05) is 26.2 Å². The Morgan fingerprint density at radius 1 is 0.929 bits per heavy atom. The molecule has 2 heterocycles. The van der Waals surface area contributed by atoms with Crippen LogP contribution in [0.4, 0.5) is 24.5 Å². The molecule has 8 nitrogen and oxygen atoms in total. The van der Waals surface area contributed by atoms with Crippen molar-refractivity contribution in [3.63, 3.8) is 0 Å². The first-order chi connectivity index (χ1) is 19.8. The Hall–Kier alpha value is -4.80. The van der Waals surface area contributed by atoms with Gasteiger partial charge in [-0.15, -0.1) is 0 Å². The molecule has 0 atom stereocenters. The Labute approximate surface area is 240 Å². The van der Waals surface area contributed by atoms with Crippen molar-refractivity contribution in [1.29, 1.82) is 0 Å². The number of allylic oxidation sites excluding steroid dienone is 1. The fourth-order valence-corrected chi connectivity index (χ4v) is 5.29. The van der Waals surface area contributed by atoms with Crippen molar-refractivity contribution in [3.05, 3.63) is 76.9 Å². The fourth-order valence-electron chi connectivity index (χ4n) is 5.29. The molecule has 11 heteroatoms. The number of benzene rings is 3. The van der Waals surface area contributed by atoms with E-state index in [1.165, 1.54) is 51.7 Å². The van der Waals surface area contributed by atoms with Gasteiger partial charge in [-0.3, -0.25) is 9.69 Å². The number of methoxy groups -OCH3 is 3. The van der Waals surface area contributed by atoms with Crippen LogP contribution in [0.2, 0.25) is 0 Å². The summed E-state index contributed by atoms with van der Waals surface area (Å²) in [4.78, 5) is 32.9. The van der Waals surface area contributed by atoms with E-state index >= 15 is 0 Å². The van der Waals surface area contributed by atoms with Gasteiger partial charge in [0.1, 0.15) is 11.5 Å². The lowest BCUT2D eigenvalue weighted by Crippen LogP contribution is -2.47. The summed E-state index contributed by atoms with van der Waals surface area (Å²) >= 11 is 0. The van der Waals surface area contributed by atoms with E-state index in [9.17, 15) is 22.8 Å². The smallest absolute Gasteiger partial charge is 0.416 e. The molecule has 0 saturated carbocycles. The minimum absolute atomic E-state index is 0.0379. The quantitative estimate of drug-likeness (QED) is 0.241. The summed E-state index contributed by atoms with van der Waals surface area (Å²) in [6.07, 6.45) is -2.68. The maximum absolute atomic E-state index is 13.7. The van der Waals surface area contributed by atoms with Gasteiger partial charge in [0.05, 0.1) is 49.4 Å². The third-order valence-electron chi connectivity index (χ3n) is 7.06. The van der Waals surface area contributed by atoms with E-state index in [0.717, 1.165) is 17.7 Å². The molecule has 0 unspecified atom stereocenters. The van der Waals surface area contributed by atoms with Gasteiger partial charge in [0.25, 0.3) is 5.91 Å². The molecule has 1 amide bonds. The summed E-state index contributed by atoms with van der Waals surface area (Å²) in [6.45, 7) is 5.57. The topological polar surface area (TPSA) is 86.7 Å². The molecule has 0 N–H and O–H groups in total. The summed E-state index contributed by atoms with van der Waals surface area (Å²) in [6, 6.07) is 10.5. The van der Waals surface area contributed by atoms with Crippen LogP contribution < -0.4 is 23.8 Å². The number of halogens is 3. The predicted octanol–water partition coefficient (Wildman–Crippen LogP) is 6.61. The summed E-state index contributed by atoms with van der Waals surface area (Å²) in [7, 11) is 4.28. The number of anilines is 1. The highest BCUT2D eigenvalue weighted by atomic mass is 19.4. The van der Waals surface area contributed by atoms with E-state index in [4.69, 9.17) is 18.9 Å². The summed E-state index contributed by atoms with van der Waals surface area (Å²) < 4.78 is 61.8. The van der Waals surface area contributed by atoms with Crippen molar-refractivity contribution < 1.29 is 41.7 Å². The van der Waals surface area contributed by atoms with Gasteiger partial charge < -0.3 is 18.9 Å². The van der Waals surface area contributed by atoms with Gasteiger partial charge in [-0.05, 0) is 68.8 Å². The summed E-state index contributed by atoms with van der Waals surface area (Å²) in [5.41, 5.74) is 0.712. The highest BCUT2D eigenvalue weighted by Gasteiger charge is 2.46. The fraction of sp³-hybridized carbons (Fsp3) is 0.258. The molecule has 42 heavy (non-hydrogen) atoms. The molecule has 0 saturated heterocycles. The first-order valence-electron chi connectivity index (χ1n) is 12.8. The van der Waals surface area contributed by atoms with Crippen LogP contribution in [0.5, 0.6) is 23.0 Å². The maximum Gasteiger partial charge on any atom is 0.416 e. The van der Waals surface area contributed by atoms with E-state index < -0.39 is 29.2 Å². The molecule has 0 aliphatic carbocycles. The predicted molar refractivity (Wildman–Crippen MR) is 150 cm³/mol. The van der Waals surface area contributed by atoms with Gasteiger partial charge >= 0.3 is 12.1 Å². The van der Waals surface area contributed by atoms with Crippen LogP contribution in [0, 0.1) is 0 Å². The number of hydrogen-bond donors (Lipinski definition) is 0. The molecule has 0 bridgehead atoms. The first-order valence-corrected chi connectivity index (χ1v) is 12.8. The molecule has 0 aromatic heterocycles. The average Bonchev–Trinajstić information content (AvgIpc) is 3.22. The van der Waals surface area contributed by atoms with Gasteiger partial charge in [0.15, 0.2) is 11.5 Å². The van der Waals surface area contributed by atoms with Gasteiger partial charge in [-0.2, -0.15) is 13.2 Å². The Morgan fingerprint density at radius 2 is 1.57 bits per heavy atom. The molecule has 0 fully saturated rings. The van der Waals surface area contributed by atoms with Crippen molar-refractivity contribution in [3.8, 4) is 23.0 Å². The zero-order valence-corrected chi connectivity index (χ0v) is 23.7. The molecule has 3 aromatic carbocycles. The number of carbonyl (C=O) groups excluding carboxylic acids is 2. The Kier molecular flexibility index (Phi) is 7.00. The molecule has 2 aliphatic rings. The lowest BCUT2D eigenvalue weighted by Gasteiger charge is -2.38. The number of alkyl halides is 3. The van der Waals surface area contributed by atoms with Crippen LogP contribution in [-0.4, -0.2) is 44.5 Å². The van der Waals surface area contributed by atoms with E-state index in [0.29, 0.717) is 22.6 Å². The molecular formula is C31H27F3N2O6. The standard InChI is InChI=1S/C31H27F3N2O6/c1-16-15-30(2,3)36-26-21(16)13-20(42-29(38)17-10-23(39-4)27(41-6)24(11-17)40-5)14-22(26)25(28(36)37)35-19-9-7-8-18(12-19)31(32,33)34/h7-15H,1-6H3. The average molecular weight is 581 g/mol. The van der Waals surface area contributed by atoms with Crippen LogP contribution in [0.15, 0.2) is 59.6 Å². The lowest BCUT2D eigenvalue weighted by atomic mass is 9.89. The van der Waals surface area contributed by atoms with Crippen molar-refractivity contribution in [1.82, 2.24) is 0 Å². The SMILES string of the molecule is COc1cc(C(=O)Oc2cc3c4c(c2)C(=Nc2cccc(C(F)(F)F)c2)C(=O)N4C(C)(C)C=C3C)cc(OC)c1OC. The van der Waals surface area contributed by atoms with E-state index in [2.05, 4.69) is 4.99 Å². The molecule has 0 spiro atoms. The third kappa shape index (κ3) is 4.84. The Morgan fingerprint density at radius 3 is 2.17 bits per heavy atom. The van der Waals surface area contributed by atoms with E-state index in [1.807, 2.05) is 26.8 Å². The minimum Gasteiger partial charge on any atom is -0.493 e. The Balaban J connectivity index is 1.62. The summed E-state index contributed by atoms with van der Waals surface area (Å²) in [5.74, 6) is -0.296. The largest absolute Gasteiger partial charge is 0.493 e. The van der Waals surface area contributed by atoms with Gasteiger partial charge in [0.2, 0.25) is 5.75 Å². The Bertz CT molecular complexity index is 1670. The van der Waals surface area contributed by atoms with Crippen LogP contribution in [0.1, 0.15) is 47.8 Å². The van der Waals surface area contributed by atoms with Crippen molar-refractivity contribution >= 4 is 34.5 Å². The first kappa shape index (κ1) is 28.7. The zero-order chi connectivity index (χ0) is 30.6. The lowest BCUT2D eigenvalue weighted by molar-refractivity contribution is -0.137. The molecule has 5 rings (SSSR count). The normalized spacial score (nSPS) is 16.2. The number of amides is 1. The molecular weight excluding hydrogens is 553 g/mol. The molecule has 0 radical (unpaired) electrons. The van der Waals surface area contributed by atoms with Crippen LogP contribution >= 0.6 is 0 Å². The second kappa shape index (κ2) is 10.2. The second-order valence-electron chi connectivity index (χ2n) is 10.3. The number of carbonyl (C=O) groups is 2. The number of rotatable bonds is 6. The monoisotopic (exact) mass is 580 g/mol. The van der Waals surface area contributed by atoms with Crippen LogP contribution in [0.3, 0.4) is 0 Å². The number of esters is 1. The number of nitrogens with zero attached hydrogens (tertiary/aromatic N) is 2. The zero-order valence-electron chi connectivity index (χ0n) is 23.7. The number of hydrogen-bond acceptors (Lipinski definition) is 7. The maximum atomic E-state index is 13.7. The molecule has 218 valence electrons. The van der Waals surface area contributed by atoms with Gasteiger partial charge in [-0.25, -0.2) is 9.79 Å². The highest BCUT2D eigenvalue weighted by Crippen LogP contribution is 2.48. The minimum atomic E-state index is -4.58. The number of ether oxygens (including phenoxy) is 4. The van der Waals surface area contributed by atoms with Crippen LogP contribution in [-0.2, 0) is 11.0 Å². The second-order valence-corrected chi connectivity index (χ2v) is 10.3.